The number of aliphatic hydroxyl groups is 1. The van der Waals surface area contributed by atoms with Gasteiger partial charge in [-0.1, -0.05) is 45.0 Å². The molecular weight excluding hydrogens is 495 g/mol. The normalized spacial score (nSPS) is 17.3. The van der Waals surface area contributed by atoms with Crippen LogP contribution in [0, 0.1) is 5.82 Å². The van der Waals surface area contributed by atoms with Crippen LogP contribution in [0.5, 0.6) is 5.75 Å². The van der Waals surface area contributed by atoms with Gasteiger partial charge in [0.1, 0.15) is 17.3 Å². The number of amides is 1. The van der Waals surface area contributed by atoms with Crippen LogP contribution < -0.4 is 4.74 Å². The van der Waals surface area contributed by atoms with Crippen molar-refractivity contribution in [3.05, 3.63) is 107 Å². The molecular formula is C32H31FN2O4. The third-order valence-electron chi connectivity index (χ3n) is 7.35. The molecule has 0 bridgehead atoms. The van der Waals surface area contributed by atoms with E-state index in [1.165, 1.54) is 29.2 Å². The number of aromatic nitrogens is 1. The molecule has 1 fully saturated rings. The van der Waals surface area contributed by atoms with E-state index in [2.05, 4.69) is 25.8 Å². The van der Waals surface area contributed by atoms with Crippen molar-refractivity contribution in [2.24, 2.45) is 0 Å². The molecule has 0 radical (unpaired) electrons. The molecule has 2 heterocycles. The molecule has 0 aliphatic carbocycles. The number of rotatable bonds is 6. The topological polar surface area (TPSA) is 82.6 Å². The van der Waals surface area contributed by atoms with Crippen molar-refractivity contribution in [3.8, 4) is 5.75 Å². The molecule has 1 amide bonds. The Hall–Kier alpha value is -4.39. The fourth-order valence-electron chi connectivity index (χ4n) is 5.12. The van der Waals surface area contributed by atoms with Gasteiger partial charge in [-0.2, -0.15) is 0 Å². The summed E-state index contributed by atoms with van der Waals surface area (Å²) in [6.07, 6.45) is 2.37. The number of hydrogen-bond donors (Lipinski definition) is 2. The predicted molar refractivity (Wildman–Crippen MR) is 149 cm³/mol. The summed E-state index contributed by atoms with van der Waals surface area (Å²) in [4.78, 5) is 31.5. The Balaban J connectivity index is 1.56. The van der Waals surface area contributed by atoms with Gasteiger partial charge in [0.2, 0.25) is 0 Å². The monoisotopic (exact) mass is 526 g/mol. The molecule has 5 rings (SSSR count). The molecule has 39 heavy (non-hydrogen) atoms. The maximum absolute atomic E-state index is 13.6. The third-order valence-corrected chi connectivity index (χ3v) is 7.35. The van der Waals surface area contributed by atoms with Crippen LogP contribution in [0.3, 0.4) is 0 Å². The second kappa shape index (κ2) is 10.1. The first-order valence-electron chi connectivity index (χ1n) is 12.9. The van der Waals surface area contributed by atoms with Gasteiger partial charge in [-0.15, -0.1) is 0 Å². The Morgan fingerprint density at radius 3 is 2.36 bits per heavy atom. The second-order valence-electron chi connectivity index (χ2n) is 10.8. The van der Waals surface area contributed by atoms with Crippen molar-refractivity contribution in [2.45, 2.75) is 38.6 Å². The van der Waals surface area contributed by atoms with E-state index in [4.69, 9.17) is 4.74 Å². The lowest BCUT2D eigenvalue weighted by Gasteiger charge is -2.26. The van der Waals surface area contributed by atoms with Crippen LogP contribution in [0.4, 0.5) is 4.39 Å². The highest BCUT2D eigenvalue weighted by atomic mass is 19.1. The van der Waals surface area contributed by atoms with Crippen LogP contribution in [0.1, 0.15) is 49.1 Å². The number of nitrogens with one attached hydrogen (secondary N) is 1. The van der Waals surface area contributed by atoms with Gasteiger partial charge < -0.3 is 19.7 Å². The smallest absolute Gasteiger partial charge is 0.295 e. The molecule has 1 aromatic heterocycles. The maximum atomic E-state index is 13.6. The molecule has 1 aliphatic rings. The SMILES string of the molecule is COc1ccc2[nH]cc(CCN3C(=O)C(=O)/C(=C(\O)c4ccc(F)cc4)C3c3ccc(C(C)(C)C)cc3)c2c1. The zero-order valence-corrected chi connectivity index (χ0v) is 22.4. The minimum atomic E-state index is -0.788. The van der Waals surface area contributed by atoms with Crippen molar-refractivity contribution < 1.29 is 23.8 Å². The number of nitrogens with zero attached hydrogens (tertiary/aromatic N) is 1. The number of Topliss-reactive ketones (excluding diaryl/α,β-unsaturated/α-hetero) is 1. The molecule has 1 unspecified atom stereocenters. The largest absolute Gasteiger partial charge is 0.507 e. The molecule has 1 atom stereocenters. The lowest BCUT2D eigenvalue weighted by molar-refractivity contribution is -0.139. The van der Waals surface area contributed by atoms with Gasteiger partial charge >= 0.3 is 0 Å². The van der Waals surface area contributed by atoms with E-state index >= 15 is 0 Å². The van der Waals surface area contributed by atoms with Crippen molar-refractivity contribution in [1.29, 1.82) is 0 Å². The first-order valence-corrected chi connectivity index (χ1v) is 12.9. The maximum Gasteiger partial charge on any atom is 0.295 e. The number of methoxy groups -OCH3 is 1. The Morgan fingerprint density at radius 2 is 1.72 bits per heavy atom. The van der Waals surface area contributed by atoms with Crippen LogP contribution in [0.15, 0.2) is 78.5 Å². The number of likely N-dealkylation sites (tertiary alicyclic amines) is 1. The molecule has 7 heteroatoms. The third kappa shape index (κ3) is 4.92. The molecule has 3 aromatic carbocycles. The van der Waals surface area contributed by atoms with Crippen LogP contribution in [-0.4, -0.2) is 40.3 Å². The Morgan fingerprint density at radius 1 is 1.03 bits per heavy atom. The Bertz CT molecular complexity index is 1580. The van der Waals surface area contributed by atoms with Gasteiger partial charge in [-0.3, -0.25) is 9.59 Å². The zero-order chi connectivity index (χ0) is 27.9. The van der Waals surface area contributed by atoms with Gasteiger partial charge in [0.15, 0.2) is 0 Å². The fourth-order valence-corrected chi connectivity index (χ4v) is 5.12. The quantitative estimate of drug-likeness (QED) is 0.176. The van der Waals surface area contributed by atoms with E-state index in [0.717, 1.165) is 27.8 Å². The van der Waals surface area contributed by atoms with E-state index in [1.54, 1.807) is 7.11 Å². The number of fused-ring (bicyclic) bond motifs is 1. The number of ketones is 1. The molecule has 1 saturated heterocycles. The second-order valence-corrected chi connectivity index (χ2v) is 10.8. The summed E-state index contributed by atoms with van der Waals surface area (Å²) < 4.78 is 18.9. The number of halogens is 1. The summed E-state index contributed by atoms with van der Waals surface area (Å²) in [6, 6.07) is 18.0. The summed E-state index contributed by atoms with van der Waals surface area (Å²) in [6.45, 7) is 6.58. The van der Waals surface area contributed by atoms with Crippen molar-refractivity contribution in [2.75, 3.05) is 13.7 Å². The van der Waals surface area contributed by atoms with Gasteiger partial charge in [0, 0.05) is 29.2 Å². The molecule has 2 N–H and O–H groups in total. The van der Waals surface area contributed by atoms with Crippen LogP contribution >= 0.6 is 0 Å². The first-order chi connectivity index (χ1) is 18.6. The standard InChI is InChI=1S/C32H31FN2O4/c1-32(2,3)22-9-5-19(6-10-22)28-27(29(36)20-7-11-23(33)12-8-20)30(37)31(38)35(28)16-15-21-18-34-26-14-13-24(39-4)17-25(21)26/h5-14,17-18,28,34,36H,15-16H2,1-4H3/b29-27-. The number of hydrogen-bond acceptors (Lipinski definition) is 4. The summed E-state index contributed by atoms with van der Waals surface area (Å²) in [5.74, 6) is -1.50. The van der Waals surface area contributed by atoms with E-state index in [9.17, 15) is 19.1 Å². The van der Waals surface area contributed by atoms with Gasteiger partial charge in [-0.05, 0) is 71.0 Å². The number of aromatic amines is 1. The van der Waals surface area contributed by atoms with E-state index < -0.39 is 23.5 Å². The summed E-state index contributed by atoms with van der Waals surface area (Å²) in [5, 5.41) is 12.2. The lowest BCUT2D eigenvalue weighted by Crippen LogP contribution is -2.31. The van der Waals surface area contributed by atoms with Crippen molar-refractivity contribution >= 4 is 28.4 Å². The van der Waals surface area contributed by atoms with E-state index in [0.29, 0.717) is 12.0 Å². The highest BCUT2D eigenvalue weighted by Gasteiger charge is 2.46. The number of H-pyrrole nitrogens is 1. The molecule has 0 saturated carbocycles. The number of carbonyl (C=O) groups excluding carboxylic acids is 2. The highest BCUT2D eigenvalue weighted by Crippen LogP contribution is 2.40. The van der Waals surface area contributed by atoms with Crippen LogP contribution in [-0.2, 0) is 21.4 Å². The zero-order valence-electron chi connectivity index (χ0n) is 22.4. The molecule has 200 valence electrons. The fraction of sp³-hybridized carbons (Fsp3) is 0.250. The summed E-state index contributed by atoms with van der Waals surface area (Å²) in [5.41, 5.74) is 3.93. The van der Waals surface area contributed by atoms with Crippen LogP contribution in [0.2, 0.25) is 0 Å². The molecule has 4 aromatic rings. The van der Waals surface area contributed by atoms with E-state index in [-0.39, 0.29) is 28.9 Å². The van der Waals surface area contributed by atoms with E-state index in [1.807, 2.05) is 48.7 Å². The Kier molecular flexibility index (Phi) is 6.76. The number of carbonyl (C=O) groups is 2. The van der Waals surface area contributed by atoms with Gasteiger partial charge in [-0.25, -0.2) is 4.39 Å². The van der Waals surface area contributed by atoms with Gasteiger partial charge in [0.05, 0.1) is 18.7 Å². The number of benzene rings is 3. The number of aliphatic hydroxyl groups excluding tert-OH is 1. The molecule has 0 spiro atoms. The average molecular weight is 527 g/mol. The number of ether oxygens (including phenoxy) is 1. The Labute approximate surface area is 226 Å². The van der Waals surface area contributed by atoms with Gasteiger partial charge in [0.25, 0.3) is 11.7 Å². The average Bonchev–Trinajstić information content (AvgIpc) is 3.44. The minimum absolute atomic E-state index is 0.00397. The van der Waals surface area contributed by atoms with Crippen molar-refractivity contribution in [1.82, 2.24) is 9.88 Å². The lowest BCUT2D eigenvalue weighted by atomic mass is 9.85. The van der Waals surface area contributed by atoms with Crippen LogP contribution in [0.25, 0.3) is 16.7 Å². The van der Waals surface area contributed by atoms with Crippen molar-refractivity contribution in [3.63, 3.8) is 0 Å². The first kappa shape index (κ1) is 26.2. The molecule has 6 nitrogen and oxygen atoms in total. The minimum Gasteiger partial charge on any atom is -0.507 e. The molecule has 1 aliphatic heterocycles. The summed E-state index contributed by atoms with van der Waals surface area (Å²) in [7, 11) is 1.61. The summed E-state index contributed by atoms with van der Waals surface area (Å²) >= 11 is 0. The highest BCUT2D eigenvalue weighted by molar-refractivity contribution is 6.46. The predicted octanol–water partition coefficient (Wildman–Crippen LogP) is 6.28.